The Morgan fingerprint density at radius 3 is 2.78 bits per heavy atom. The van der Waals surface area contributed by atoms with E-state index in [1.165, 1.54) is 0 Å². The van der Waals surface area contributed by atoms with E-state index < -0.39 is 0 Å². The van der Waals surface area contributed by atoms with Crippen molar-refractivity contribution in [2.45, 2.75) is 6.54 Å². The normalized spacial score (nSPS) is 10.7. The third kappa shape index (κ3) is 3.54. The summed E-state index contributed by atoms with van der Waals surface area (Å²) < 4.78 is 7.37. The first-order valence-electron chi connectivity index (χ1n) is 8.50. The van der Waals surface area contributed by atoms with E-state index in [0.717, 1.165) is 33.3 Å². The fourth-order valence-corrected chi connectivity index (χ4v) is 3.60. The van der Waals surface area contributed by atoms with Crippen molar-refractivity contribution in [2.75, 3.05) is 12.4 Å². The van der Waals surface area contributed by atoms with Crippen LogP contribution in [0.15, 0.2) is 60.4 Å². The molecule has 0 aliphatic rings. The molecule has 136 valence electrons. The van der Waals surface area contributed by atoms with Crippen LogP contribution in [0.25, 0.3) is 22.0 Å². The number of benzene rings is 1. The van der Waals surface area contributed by atoms with Crippen molar-refractivity contribution in [1.82, 2.24) is 19.5 Å². The molecule has 0 aliphatic heterocycles. The second kappa shape index (κ2) is 7.59. The third-order valence-corrected chi connectivity index (χ3v) is 5.14. The van der Waals surface area contributed by atoms with Gasteiger partial charge in [-0.15, -0.1) is 11.3 Å². The predicted molar refractivity (Wildman–Crippen MR) is 108 cm³/mol. The van der Waals surface area contributed by atoms with E-state index in [1.807, 2.05) is 59.7 Å². The highest BCUT2D eigenvalue weighted by Gasteiger charge is 2.16. The summed E-state index contributed by atoms with van der Waals surface area (Å²) in [6.45, 7) is 0.572. The van der Waals surface area contributed by atoms with Gasteiger partial charge >= 0.3 is 0 Å². The SMILES string of the molecule is COc1ccccc1CNc1ncc(-c2cccs2)c(-c2nccn2C)n1. The molecule has 0 spiro atoms. The molecule has 0 amide bonds. The standard InChI is InChI=1S/C20H19N5OS/c1-25-10-9-21-19(25)18-15(17-8-5-11-27-17)13-23-20(24-18)22-12-14-6-3-4-7-16(14)26-2/h3-11,13H,12H2,1-2H3,(H,22,23,24). The number of rotatable bonds is 6. The highest BCUT2D eigenvalue weighted by molar-refractivity contribution is 7.13. The zero-order chi connectivity index (χ0) is 18.6. The topological polar surface area (TPSA) is 64.9 Å². The average molecular weight is 377 g/mol. The first kappa shape index (κ1) is 17.2. The van der Waals surface area contributed by atoms with E-state index in [2.05, 4.69) is 21.4 Å². The Morgan fingerprint density at radius 2 is 2.04 bits per heavy atom. The van der Waals surface area contributed by atoms with Gasteiger partial charge in [0.1, 0.15) is 11.4 Å². The molecule has 1 aromatic carbocycles. The number of anilines is 1. The van der Waals surface area contributed by atoms with Crippen LogP contribution < -0.4 is 10.1 Å². The summed E-state index contributed by atoms with van der Waals surface area (Å²) in [5.41, 5.74) is 2.83. The van der Waals surface area contributed by atoms with Crippen LogP contribution in [0, 0.1) is 0 Å². The van der Waals surface area contributed by atoms with Crippen LogP contribution in [-0.2, 0) is 13.6 Å². The molecule has 4 aromatic rings. The van der Waals surface area contributed by atoms with Crippen LogP contribution >= 0.6 is 11.3 Å². The fraction of sp³-hybridized carbons (Fsp3) is 0.150. The number of para-hydroxylation sites is 1. The van der Waals surface area contributed by atoms with Crippen molar-refractivity contribution >= 4 is 17.3 Å². The van der Waals surface area contributed by atoms with E-state index in [1.54, 1.807) is 24.6 Å². The van der Waals surface area contributed by atoms with Gasteiger partial charge in [0.15, 0.2) is 5.82 Å². The molecule has 0 atom stereocenters. The summed E-state index contributed by atoms with van der Waals surface area (Å²) in [4.78, 5) is 14.9. The number of nitrogens with zero attached hydrogens (tertiary/aromatic N) is 4. The lowest BCUT2D eigenvalue weighted by Gasteiger charge is -2.12. The second-order valence-electron chi connectivity index (χ2n) is 5.96. The lowest BCUT2D eigenvalue weighted by Crippen LogP contribution is -2.07. The largest absolute Gasteiger partial charge is 0.496 e. The molecule has 3 aromatic heterocycles. The molecule has 3 heterocycles. The zero-order valence-electron chi connectivity index (χ0n) is 15.1. The molecule has 7 heteroatoms. The van der Waals surface area contributed by atoms with Gasteiger partial charge in [-0.25, -0.2) is 15.0 Å². The van der Waals surface area contributed by atoms with Gasteiger partial charge in [0, 0.05) is 48.2 Å². The fourth-order valence-electron chi connectivity index (χ4n) is 2.87. The van der Waals surface area contributed by atoms with E-state index >= 15 is 0 Å². The van der Waals surface area contributed by atoms with Crippen molar-refractivity contribution in [2.24, 2.45) is 7.05 Å². The summed E-state index contributed by atoms with van der Waals surface area (Å²) in [5.74, 6) is 2.20. The molecular weight excluding hydrogens is 358 g/mol. The average Bonchev–Trinajstić information content (AvgIpc) is 3.38. The van der Waals surface area contributed by atoms with E-state index in [9.17, 15) is 0 Å². The summed E-state index contributed by atoms with van der Waals surface area (Å²) in [6.07, 6.45) is 5.54. The molecule has 27 heavy (non-hydrogen) atoms. The molecular formula is C20H19N5OS. The van der Waals surface area contributed by atoms with Gasteiger partial charge in [-0.2, -0.15) is 0 Å². The lowest BCUT2D eigenvalue weighted by atomic mass is 10.2. The Morgan fingerprint density at radius 1 is 1.15 bits per heavy atom. The molecule has 0 fully saturated rings. The van der Waals surface area contributed by atoms with Crippen LogP contribution in [0.5, 0.6) is 5.75 Å². The third-order valence-electron chi connectivity index (χ3n) is 4.24. The van der Waals surface area contributed by atoms with Crippen LogP contribution in [0.3, 0.4) is 0 Å². The number of hydrogen-bond donors (Lipinski definition) is 1. The van der Waals surface area contributed by atoms with Gasteiger partial charge < -0.3 is 14.6 Å². The van der Waals surface area contributed by atoms with Crippen molar-refractivity contribution in [3.05, 3.63) is 65.9 Å². The maximum atomic E-state index is 5.41. The smallest absolute Gasteiger partial charge is 0.223 e. The minimum Gasteiger partial charge on any atom is -0.496 e. The Kier molecular flexibility index (Phi) is 4.84. The highest BCUT2D eigenvalue weighted by atomic mass is 32.1. The molecule has 1 N–H and O–H groups in total. The van der Waals surface area contributed by atoms with E-state index in [0.29, 0.717) is 12.5 Å². The first-order chi connectivity index (χ1) is 13.3. The summed E-state index contributed by atoms with van der Waals surface area (Å²) in [5, 5.41) is 5.34. The number of aryl methyl sites for hydroxylation is 1. The van der Waals surface area contributed by atoms with Crippen LogP contribution in [-0.4, -0.2) is 26.6 Å². The van der Waals surface area contributed by atoms with Gasteiger partial charge in [0.25, 0.3) is 0 Å². The van der Waals surface area contributed by atoms with Crippen molar-refractivity contribution in [3.8, 4) is 27.7 Å². The van der Waals surface area contributed by atoms with Gasteiger partial charge in [-0.05, 0) is 17.5 Å². The predicted octanol–water partition coefficient (Wildman–Crippen LogP) is 4.23. The maximum Gasteiger partial charge on any atom is 0.223 e. The molecule has 0 unspecified atom stereocenters. The van der Waals surface area contributed by atoms with Gasteiger partial charge in [-0.3, -0.25) is 0 Å². The van der Waals surface area contributed by atoms with Gasteiger partial charge in [0.2, 0.25) is 5.95 Å². The Balaban J connectivity index is 1.68. The Bertz CT molecular complexity index is 1040. The number of thiophene rings is 1. The minimum absolute atomic E-state index is 0.555. The van der Waals surface area contributed by atoms with Crippen molar-refractivity contribution in [1.29, 1.82) is 0 Å². The number of ether oxygens (including phenoxy) is 1. The first-order valence-corrected chi connectivity index (χ1v) is 9.38. The molecule has 4 rings (SSSR count). The van der Waals surface area contributed by atoms with E-state index in [4.69, 9.17) is 9.72 Å². The Labute approximate surface area is 161 Å². The second-order valence-corrected chi connectivity index (χ2v) is 6.91. The molecule has 0 aliphatic carbocycles. The molecule has 0 saturated carbocycles. The molecule has 6 nitrogen and oxygen atoms in total. The zero-order valence-corrected chi connectivity index (χ0v) is 15.9. The molecule has 0 saturated heterocycles. The van der Waals surface area contributed by atoms with Crippen LogP contribution in [0.1, 0.15) is 5.56 Å². The Hall–Kier alpha value is -3.19. The minimum atomic E-state index is 0.555. The monoisotopic (exact) mass is 377 g/mol. The number of imidazole rings is 1. The van der Waals surface area contributed by atoms with Crippen molar-refractivity contribution in [3.63, 3.8) is 0 Å². The summed E-state index contributed by atoms with van der Waals surface area (Å²) >= 11 is 1.66. The van der Waals surface area contributed by atoms with Crippen LogP contribution in [0.4, 0.5) is 5.95 Å². The van der Waals surface area contributed by atoms with Crippen LogP contribution in [0.2, 0.25) is 0 Å². The summed E-state index contributed by atoms with van der Waals surface area (Å²) in [6, 6.07) is 12.0. The number of aromatic nitrogens is 4. The van der Waals surface area contributed by atoms with Gasteiger partial charge in [0.05, 0.1) is 7.11 Å². The molecule has 0 bridgehead atoms. The molecule has 0 radical (unpaired) electrons. The number of hydrogen-bond acceptors (Lipinski definition) is 6. The van der Waals surface area contributed by atoms with Gasteiger partial charge in [-0.1, -0.05) is 24.3 Å². The maximum absolute atomic E-state index is 5.41. The highest BCUT2D eigenvalue weighted by Crippen LogP contribution is 2.32. The summed E-state index contributed by atoms with van der Waals surface area (Å²) in [7, 11) is 3.63. The number of nitrogens with one attached hydrogen (secondary N) is 1. The number of methoxy groups -OCH3 is 1. The lowest BCUT2D eigenvalue weighted by molar-refractivity contribution is 0.410. The van der Waals surface area contributed by atoms with Crippen molar-refractivity contribution < 1.29 is 4.74 Å². The van der Waals surface area contributed by atoms with E-state index in [-0.39, 0.29) is 0 Å². The quantitative estimate of drug-likeness (QED) is 0.545.